The van der Waals surface area contributed by atoms with Crippen LogP contribution < -0.4 is 5.32 Å². The number of piperazine rings is 1. The first kappa shape index (κ1) is 18.1. The largest absolute Gasteiger partial charge is 0.459 e. The Kier molecular flexibility index (Phi) is 5.68. The predicted octanol–water partition coefficient (Wildman–Crippen LogP) is 1.88. The summed E-state index contributed by atoms with van der Waals surface area (Å²) in [5, 5.41) is 2.87. The maximum Gasteiger partial charge on any atom is 0.289 e. The molecule has 6 nitrogen and oxygen atoms in total. The molecule has 1 aliphatic heterocycles. The molecule has 1 aromatic carbocycles. The Morgan fingerprint density at radius 3 is 2.46 bits per heavy atom. The highest BCUT2D eigenvalue weighted by Crippen LogP contribution is 2.11. The molecule has 1 aliphatic rings. The summed E-state index contributed by atoms with van der Waals surface area (Å²) in [5.41, 5.74) is 0.848. The lowest BCUT2D eigenvalue weighted by molar-refractivity contribution is -0.126. The van der Waals surface area contributed by atoms with Gasteiger partial charge >= 0.3 is 0 Å². The van der Waals surface area contributed by atoms with Gasteiger partial charge in [-0.1, -0.05) is 12.1 Å². The third kappa shape index (κ3) is 4.29. The van der Waals surface area contributed by atoms with Crippen LogP contribution in [0.25, 0.3) is 0 Å². The van der Waals surface area contributed by atoms with Crippen LogP contribution in [0.15, 0.2) is 47.1 Å². The van der Waals surface area contributed by atoms with E-state index in [-0.39, 0.29) is 23.7 Å². The molecule has 2 amide bonds. The van der Waals surface area contributed by atoms with Gasteiger partial charge in [0, 0.05) is 32.7 Å². The van der Waals surface area contributed by atoms with Crippen molar-refractivity contribution in [2.75, 3.05) is 26.2 Å². The monoisotopic (exact) mass is 359 g/mol. The van der Waals surface area contributed by atoms with Gasteiger partial charge in [-0.15, -0.1) is 0 Å². The highest BCUT2D eigenvalue weighted by Gasteiger charge is 2.28. The van der Waals surface area contributed by atoms with Gasteiger partial charge in [-0.25, -0.2) is 4.39 Å². The van der Waals surface area contributed by atoms with Gasteiger partial charge in [0.25, 0.3) is 5.91 Å². The molecular formula is C19H22FN3O3. The fourth-order valence-corrected chi connectivity index (χ4v) is 2.97. The number of hydrogen-bond donors (Lipinski definition) is 1. The van der Waals surface area contributed by atoms with Crippen LogP contribution in [0, 0.1) is 5.82 Å². The lowest BCUT2D eigenvalue weighted by atomic mass is 10.2. The van der Waals surface area contributed by atoms with Gasteiger partial charge in [0.2, 0.25) is 5.91 Å². The number of halogens is 1. The third-order valence-corrected chi connectivity index (χ3v) is 4.64. The Morgan fingerprint density at radius 1 is 1.15 bits per heavy atom. The van der Waals surface area contributed by atoms with Crippen molar-refractivity contribution in [2.45, 2.75) is 19.5 Å². The summed E-state index contributed by atoms with van der Waals surface area (Å²) in [6.45, 7) is 4.56. The number of nitrogens with one attached hydrogen (secondary N) is 1. The van der Waals surface area contributed by atoms with Crippen molar-refractivity contribution >= 4 is 11.8 Å². The zero-order valence-corrected chi connectivity index (χ0v) is 14.7. The van der Waals surface area contributed by atoms with Crippen LogP contribution in [0.2, 0.25) is 0 Å². The number of rotatable bonds is 5. The second kappa shape index (κ2) is 8.14. The SMILES string of the molecule is C[C@H](C(=O)NCc1ccc(F)cc1)N1CCN(C(=O)c2ccco2)CC1. The van der Waals surface area contributed by atoms with E-state index in [4.69, 9.17) is 4.42 Å². The number of furan rings is 1. The summed E-state index contributed by atoms with van der Waals surface area (Å²) >= 11 is 0. The Morgan fingerprint density at radius 2 is 1.85 bits per heavy atom. The van der Waals surface area contributed by atoms with Crippen LogP contribution in [0.5, 0.6) is 0 Å². The number of carbonyl (C=O) groups is 2. The van der Waals surface area contributed by atoms with Gasteiger partial charge in [-0.2, -0.15) is 0 Å². The molecule has 1 aromatic heterocycles. The molecule has 7 heteroatoms. The topological polar surface area (TPSA) is 65.8 Å². The molecule has 3 rings (SSSR count). The van der Waals surface area contributed by atoms with Crippen molar-refractivity contribution in [1.29, 1.82) is 0 Å². The molecule has 1 N–H and O–H groups in total. The van der Waals surface area contributed by atoms with E-state index in [2.05, 4.69) is 5.32 Å². The lowest BCUT2D eigenvalue weighted by Crippen LogP contribution is -2.54. The van der Waals surface area contributed by atoms with Crippen molar-refractivity contribution in [3.8, 4) is 0 Å². The first-order valence-corrected chi connectivity index (χ1v) is 8.63. The van der Waals surface area contributed by atoms with E-state index >= 15 is 0 Å². The van der Waals surface area contributed by atoms with Crippen molar-refractivity contribution < 1.29 is 18.4 Å². The summed E-state index contributed by atoms with van der Waals surface area (Å²) < 4.78 is 18.1. The van der Waals surface area contributed by atoms with E-state index in [0.29, 0.717) is 38.5 Å². The van der Waals surface area contributed by atoms with Gasteiger partial charge in [-0.05, 0) is 36.8 Å². The number of hydrogen-bond acceptors (Lipinski definition) is 4. The van der Waals surface area contributed by atoms with Gasteiger partial charge in [0.1, 0.15) is 5.82 Å². The lowest BCUT2D eigenvalue weighted by Gasteiger charge is -2.37. The summed E-state index contributed by atoms with van der Waals surface area (Å²) in [5.74, 6) is -0.165. The van der Waals surface area contributed by atoms with E-state index in [1.165, 1.54) is 18.4 Å². The number of amides is 2. The molecule has 1 atom stereocenters. The molecular weight excluding hydrogens is 337 g/mol. The quantitative estimate of drug-likeness (QED) is 0.885. The van der Waals surface area contributed by atoms with Crippen molar-refractivity contribution in [3.63, 3.8) is 0 Å². The minimum absolute atomic E-state index is 0.0832. The summed E-state index contributed by atoms with van der Waals surface area (Å²) in [6, 6.07) is 9.10. The third-order valence-electron chi connectivity index (χ3n) is 4.64. The highest BCUT2D eigenvalue weighted by molar-refractivity contribution is 5.91. The fourth-order valence-electron chi connectivity index (χ4n) is 2.97. The second-order valence-electron chi connectivity index (χ2n) is 6.33. The first-order chi connectivity index (χ1) is 12.5. The highest BCUT2D eigenvalue weighted by atomic mass is 19.1. The Labute approximate surface area is 151 Å². The summed E-state index contributed by atoms with van der Waals surface area (Å²) in [7, 11) is 0. The Bertz CT molecular complexity index is 738. The molecule has 0 spiro atoms. The van der Waals surface area contributed by atoms with E-state index < -0.39 is 0 Å². The van der Waals surface area contributed by atoms with Gasteiger partial charge < -0.3 is 14.6 Å². The maximum absolute atomic E-state index is 12.9. The maximum atomic E-state index is 12.9. The molecule has 0 saturated carbocycles. The van der Waals surface area contributed by atoms with Crippen LogP contribution in [0.4, 0.5) is 4.39 Å². The van der Waals surface area contributed by atoms with E-state index in [1.54, 1.807) is 29.2 Å². The van der Waals surface area contributed by atoms with Gasteiger partial charge in [-0.3, -0.25) is 14.5 Å². The van der Waals surface area contributed by atoms with E-state index in [1.807, 2.05) is 11.8 Å². The van der Waals surface area contributed by atoms with Crippen LogP contribution in [0.1, 0.15) is 23.0 Å². The molecule has 26 heavy (non-hydrogen) atoms. The van der Waals surface area contributed by atoms with Crippen molar-refractivity contribution in [1.82, 2.24) is 15.1 Å². The average Bonchev–Trinajstić information content (AvgIpc) is 3.21. The first-order valence-electron chi connectivity index (χ1n) is 8.63. The van der Waals surface area contributed by atoms with Crippen LogP contribution in [-0.2, 0) is 11.3 Å². The molecule has 0 unspecified atom stereocenters. The standard InChI is InChI=1S/C19H22FN3O3/c1-14(18(24)21-13-15-4-6-16(20)7-5-15)22-8-10-23(11-9-22)19(25)17-3-2-12-26-17/h2-7,12,14H,8-11,13H2,1H3,(H,21,24)/t14-/m1/s1. The molecule has 1 fully saturated rings. The zero-order chi connectivity index (χ0) is 18.5. The number of carbonyl (C=O) groups excluding carboxylic acids is 2. The summed E-state index contributed by atoms with van der Waals surface area (Å²) in [4.78, 5) is 28.4. The second-order valence-corrected chi connectivity index (χ2v) is 6.33. The molecule has 0 bridgehead atoms. The molecule has 0 aliphatic carbocycles. The molecule has 138 valence electrons. The normalized spacial score (nSPS) is 16.3. The minimum atomic E-state index is -0.296. The van der Waals surface area contributed by atoms with Gasteiger partial charge in [0.05, 0.1) is 12.3 Å². The van der Waals surface area contributed by atoms with Crippen LogP contribution in [-0.4, -0.2) is 53.8 Å². The average molecular weight is 359 g/mol. The molecule has 1 saturated heterocycles. The molecule has 2 heterocycles. The summed E-state index contributed by atoms with van der Waals surface area (Å²) in [6.07, 6.45) is 1.48. The molecule has 2 aromatic rings. The predicted molar refractivity (Wildman–Crippen MR) is 93.9 cm³/mol. The van der Waals surface area contributed by atoms with E-state index in [0.717, 1.165) is 5.56 Å². The van der Waals surface area contributed by atoms with Crippen molar-refractivity contribution in [2.24, 2.45) is 0 Å². The smallest absolute Gasteiger partial charge is 0.289 e. The van der Waals surface area contributed by atoms with E-state index in [9.17, 15) is 14.0 Å². The number of nitrogens with zero attached hydrogens (tertiary/aromatic N) is 2. The van der Waals surface area contributed by atoms with Crippen molar-refractivity contribution in [3.05, 3.63) is 59.8 Å². The fraction of sp³-hybridized carbons (Fsp3) is 0.368. The van der Waals surface area contributed by atoms with Crippen LogP contribution in [0.3, 0.4) is 0 Å². The molecule has 0 radical (unpaired) electrons. The Balaban J connectivity index is 1.46. The minimum Gasteiger partial charge on any atom is -0.459 e. The van der Waals surface area contributed by atoms with Crippen LogP contribution >= 0.6 is 0 Å². The van der Waals surface area contributed by atoms with Gasteiger partial charge in [0.15, 0.2) is 5.76 Å². The zero-order valence-electron chi connectivity index (χ0n) is 14.7. The Hall–Kier alpha value is -2.67. The number of benzene rings is 1.